The molecule has 0 spiro atoms. The fourth-order valence-electron chi connectivity index (χ4n) is 2.49. The van der Waals surface area contributed by atoms with Crippen LogP contribution >= 0.6 is 0 Å². The van der Waals surface area contributed by atoms with Gasteiger partial charge in [0, 0.05) is 42.4 Å². The van der Waals surface area contributed by atoms with E-state index in [0.29, 0.717) is 12.3 Å². The van der Waals surface area contributed by atoms with Crippen LogP contribution in [0.15, 0.2) is 18.2 Å². The number of hydrogen-bond donors (Lipinski definition) is 2. The molecular weight excluding hydrogens is 212 g/mol. The summed E-state index contributed by atoms with van der Waals surface area (Å²) in [7, 11) is 0. The van der Waals surface area contributed by atoms with E-state index in [1.54, 1.807) is 0 Å². The summed E-state index contributed by atoms with van der Waals surface area (Å²) in [6.45, 7) is 6.78. The van der Waals surface area contributed by atoms with Gasteiger partial charge in [-0.05, 0) is 32.8 Å². The average molecular weight is 234 g/mol. The number of rotatable bonds is 5. The van der Waals surface area contributed by atoms with E-state index >= 15 is 0 Å². The van der Waals surface area contributed by atoms with Crippen molar-refractivity contribution in [2.24, 2.45) is 5.73 Å². The highest BCUT2D eigenvalue weighted by molar-refractivity contribution is 5.56. The van der Waals surface area contributed by atoms with Crippen LogP contribution in [-0.4, -0.2) is 24.7 Å². The third-order valence-electron chi connectivity index (χ3n) is 3.93. The number of aromatic hydroxyl groups is 1. The summed E-state index contributed by atoms with van der Waals surface area (Å²) in [6.07, 6.45) is 2.20. The molecule has 1 aromatic rings. The minimum absolute atomic E-state index is 0.0614. The lowest BCUT2D eigenvalue weighted by Gasteiger charge is -2.23. The van der Waals surface area contributed by atoms with E-state index in [1.165, 1.54) is 0 Å². The molecule has 0 aromatic heterocycles. The molecule has 0 aliphatic heterocycles. The van der Waals surface area contributed by atoms with E-state index in [2.05, 4.69) is 24.8 Å². The van der Waals surface area contributed by atoms with E-state index in [0.717, 1.165) is 37.2 Å². The first kappa shape index (κ1) is 12.2. The summed E-state index contributed by atoms with van der Waals surface area (Å²) in [4.78, 5) is 2.23. The Balaban J connectivity index is 2.29. The van der Waals surface area contributed by atoms with Crippen molar-refractivity contribution in [3.63, 3.8) is 0 Å². The predicted molar refractivity (Wildman–Crippen MR) is 71.6 cm³/mol. The Bertz CT molecular complexity index is 395. The number of nitrogens with two attached hydrogens (primary N) is 1. The van der Waals surface area contributed by atoms with Crippen LogP contribution in [0.2, 0.25) is 0 Å². The van der Waals surface area contributed by atoms with Crippen molar-refractivity contribution in [3.8, 4) is 5.75 Å². The van der Waals surface area contributed by atoms with Crippen LogP contribution in [-0.2, 0) is 5.41 Å². The Morgan fingerprint density at radius 1 is 1.29 bits per heavy atom. The molecule has 3 nitrogen and oxygen atoms in total. The number of anilines is 1. The highest BCUT2D eigenvalue weighted by Crippen LogP contribution is 2.50. The van der Waals surface area contributed by atoms with E-state index in [-0.39, 0.29) is 5.41 Å². The summed E-state index contributed by atoms with van der Waals surface area (Å²) < 4.78 is 0. The summed E-state index contributed by atoms with van der Waals surface area (Å²) in [5, 5.41) is 10.2. The van der Waals surface area contributed by atoms with E-state index in [1.807, 2.05) is 12.1 Å². The lowest BCUT2D eigenvalue weighted by Crippen LogP contribution is -2.23. The van der Waals surface area contributed by atoms with Gasteiger partial charge >= 0.3 is 0 Å². The monoisotopic (exact) mass is 234 g/mol. The zero-order valence-electron chi connectivity index (χ0n) is 10.7. The van der Waals surface area contributed by atoms with Gasteiger partial charge in [0.15, 0.2) is 0 Å². The van der Waals surface area contributed by atoms with E-state index in [9.17, 15) is 5.11 Å². The largest absolute Gasteiger partial charge is 0.508 e. The topological polar surface area (TPSA) is 49.5 Å². The van der Waals surface area contributed by atoms with Crippen LogP contribution in [0.1, 0.15) is 32.3 Å². The molecule has 1 aliphatic carbocycles. The second-order valence-electron chi connectivity index (χ2n) is 4.86. The fourth-order valence-corrected chi connectivity index (χ4v) is 2.49. The first-order valence-corrected chi connectivity index (χ1v) is 6.45. The Hall–Kier alpha value is -1.22. The molecule has 0 amide bonds. The molecule has 1 aromatic carbocycles. The van der Waals surface area contributed by atoms with Gasteiger partial charge in [-0.1, -0.05) is 6.07 Å². The number of hydrogen-bond acceptors (Lipinski definition) is 3. The van der Waals surface area contributed by atoms with Crippen LogP contribution in [0.5, 0.6) is 5.75 Å². The molecule has 1 saturated carbocycles. The summed E-state index contributed by atoms with van der Waals surface area (Å²) in [6, 6.07) is 6.01. The maximum Gasteiger partial charge on any atom is 0.121 e. The van der Waals surface area contributed by atoms with Gasteiger partial charge < -0.3 is 15.7 Å². The number of phenols is 1. The lowest BCUT2D eigenvalue weighted by molar-refractivity contribution is 0.459. The summed E-state index contributed by atoms with van der Waals surface area (Å²) >= 11 is 0. The van der Waals surface area contributed by atoms with Crippen molar-refractivity contribution in [3.05, 3.63) is 23.8 Å². The first-order valence-electron chi connectivity index (χ1n) is 6.45. The molecule has 0 radical (unpaired) electrons. The van der Waals surface area contributed by atoms with Gasteiger partial charge in [0.2, 0.25) is 0 Å². The third kappa shape index (κ3) is 2.12. The van der Waals surface area contributed by atoms with Crippen molar-refractivity contribution in [2.75, 3.05) is 24.5 Å². The van der Waals surface area contributed by atoms with Crippen molar-refractivity contribution in [2.45, 2.75) is 32.1 Å². The van der Waals surface area contributed by atoms with Gasteiger partial charge in [-0.25, -0.2) is 0 Å². The molecule has 0 atom stereocenters. The van der Waals surface area contributed by atoms with E-state index < -0.39 is 0 Å². The van der Waals surface area contributed by atoms with Gasteiger partial charge in [-0.2, -0.15) is 0 Å². The van der Waals surface area contributed by atoms with Crippen molar-refractivity contribution in [1.29, 1.82) is 0 Å². The van der Waals surface area contributed by atoms with Gasteiger partial charge in [0.25, 0.3) is 0 Å². The van der Waals surface area contributed by atoms with Crippen LogP contribution in [0.3, 0.4) is 0 Å². The maximum absolute atomic E-state index is 10.2. The molecule has 17 heavy (non-hydrogen) atoms. The normalized spacial score (nSPS) is 16.9. The minimum Gasteiger partial charge on any atom is -0.508 e. The molecule has 3 N–H and O–H groups in total. The van der Waals surface area contributed by atoms with Gasteiger partial charge in [0.05, 0.1) is 0 Å². The molecular formula is C14H22N2O. The number of benzene rings is 1. The van der Waals surface area contributed by atoms with Crippen molar-refractivity contribution < 1.29 is 5.11 Å². The standard InChI is InChI=1S/C14H22N2O/c1-3-16(4-2)11-5-6-12(13(17)9-11)14(10-15)7-8-14/h5-6,9,17H,3-4,7-8,10,15H2,1-2H3. The molecule has 94 valence electrons. The third-order valence-corrected chi connectivity index (χ3v) is 3.93. The average Bonchev–Trinajstić information content (AvgIpc) is 3.12. The number of nitrogens with zero attached hydrogens (tertiary/aromatic N) is 1. The SMILES string of the molecule is CCN(CC)c1ccc(C2(CN)CC2)c(O)c1. The highest BCUT2D eigenvalue weighted by atomic mass is 16.3. The van der Waals surface area contributed by atoms with E-state index in [4.69, 9.17) is 5.73 Å². The molecule has 3 heteroatoms. The van der Waals surface area contributed by atoms with Crippen molar-refractivity contribution >= 4 is 5.69 Å². The zero-order chi connectivity index (χ0) is 12.5. The Labute approximate surface area is 103 Å². The van der Waals surface area contributed by atoms with Crippen LogP contribution < -0.4 is 10.6 Å². The lowest BCUT2D eigenvalue weighted by atomic mass is 9.95. The first-order chi connectivity index (χ1) is 8.16. The molecule has 0 heterocycles. The molecule has 1 aliphatic rings. The zero-order valence-corrected chi connectivity index (χ0v) is 10.7. The predicted octanol–water partition coefficient (Wildman–Crippen LogP) is 2.23. The summed E-state index contributed by atoms with van der Waals surface area (Å²) in [5.74, 6) is 0.400. The van der Waals surface area contributed by atoms with Crippen LogP contribution in [0.4, 0.5) is 5.69 Å². The van der Waals surface area contributed by atoms with Gasteiger partial charge in [0.1, 0.15) is 5.75 Å². The second kappa shape index (κ2) is 4.57. The Morgan fingerprint density at radius 3 is 2.35 bits per heavy atom. The number of phenolic OH excluding ortho intramolecular Hbond substituents is 1. The Morgan fingerprint density at radius 2 is 1.94 bits per heavy atom. The summed E-state index contributed by atoms with van der Waals surface area (Å²) in [5.41, 5.74) is 7.97. The minimum atomic E-state index is 0.0614. The fraction of sp³-hybridized carbons (Fsp3) is 0.571. The second-order valence-corrected chi connectivity index (χ2v) is 4.86. The molecule has 1 fully saturated rings. The smallest absolute Gasteiger partial charge is 0.121 e. The molecule has 0 saturated heterocycles. The Kier molecular flexibility index (Phi) is 3.29. The van der Waals surface area contributed by atoms with Gasteiger partial charge in [-0.3, -0.25) is 0 Å². The maximum atomic E-state index is 10.2. The van der Waals surface area contributed by atoms with Gasteiger partial charge in [-0.15, -0.1) is 0 Å². The molecule has 2 rings (SSSR count). The highest BCUT2D eigenvalue weighted by Gasteiger charge is 2.44. The van der Waals surface area contributed by atoms with Crippen LogP contribution in [0, 0.1) is 0 Å². The molecule has 0 bridgehead atoms. The van der Waals surface area contributed by atoms with Crippen LogP contribution in [0.25, 0.3) is 0 Å². The molecule has 0 unspecified atom stereocenters. The quantitative estimate of drug-likeness (QED) is 0.821. The van der Waals surface area contributed by atoms with Crippen molar-refractivity contribution in [1.82, 2.24) is 0 Å².